The molecule has 0 radical (unpaired) electrons. The first kappa shape index (κ1) is 19.0. The van der Waals surface area contributed by atoms with Crippen LogP contribution in [0.4, 0.5) is 5.69 Å². The van der Waals surface area contributed by atoms with Crippen molar-refractivity contribution in [2.75, 3.05) is 25.1 Å². The molecule has 0 bridgehead atoms. The summed E-state index contributed by atoms with van der Waals surface area (Å²) in [5, 5.41) is 15.3. The first-order valence-corrected chi connectivity index (χ1v) is 10.0. The predicted molar refractivity (Wildman–Crippen MR) is 109 cm³/mol. The number of aliphatic hydroxyl groups is 1. The Morgan fingerprint density at radius 1 is 1.21 bits per heavy atom. The second-order valence-electron chi connectivity index (χ2n) is 7.96. The predicted octanol–water partition coefficient (Wildman–Crippen LogP) is 3.20. The van der Waals surface area contributed by atoms with E-state index in [0.29, 0.717) is 12.3 Å². The van der Waals surface area contributed by atoms with Gasteiger partial charge in [-0.25, -0.2) is 0 Å². The maximum absolute atomic E-state index is 12.0. The fourth-order valence-corrected chi connectivity index (χ4v) is 4.59. The summed E-state index contributed by atoms with van der Waals surface area (Å²) in [7, 11) is 0. The highest BCUT2D eigenvalue weighted by atomic mass is 16.5. The van der Waals surface area contributed by atoms with Crippen molar-refractivity contribution in [1.82, 2.24) is 5.32 Å². The zero-order valence-corrected chi connectivity index (χ0v) is 16.5. The molecule has 2 aliphatic rings. The van der Waals surface area contributed by atoms with Crippen LogP contribution in [0.1, 0.15) is 46.4 Å². The molecule has 0 unspecified atom stereocenters. The van der Waals surface area contributed by atoms with E-state index in [-0.39, 0.29) is 31.2 Å². The largest absolute Gasteiger partial charge is 0.395 e. The van der Waals surface area contributed by atoms with E-state index in [9.17, 15) is 4.79 Å². The number of fused-ring (bicyclic) bond motifs is 3. The second kappa shape index (κ2) is 7.94. The van der Waals surface area contributed by atoms with Gasteiger partial charge in [-0.3, -0.25) is 4.79 Å². The molecule has 2 heterocycles. The molecule has 2 aliphatic heterocycles. The zero-order chi connectivity index (χ0) is 19.7. The number of nitrogens with one attached hydrogen (secondary N) is 2. The van der Waals surface area contributed by atoms with Crippen LogP contribution in [-0.2, 0) is 16.0 Å². The Bertz CT molecular complexity index is 860. The molecule has 5 heteroatoms. The fraction of sp³-hybridized carbons (Fsp3) is 0.435. The van der Waals surface area contributed by atoms with Gasteiger partial charge in [-0.2, -0.15) is 0 Å². The normalized spacial score (nSPS) is 22.9. The first-order valence-electron chi connectivity index (χ1n) is 10.0. The molecule has 28 heavy (non-hydrogen) atoms. The summed E-state index contributed by atoms with van der Waals surface area (Å²) in [5.74, 6) is 0.307. The van der Waals surface area contributed by atoms with Gasteiger partial charge >= 0.3 is 0 Å². The minimum absolute atomic E-state index is 0.0444. The van der Waals surface area contributed by atoms with Crippen molar-refractivity contribution in [3.05, 3.63) is 64.2 Å². The molecular weight excluding hydrogens is 352 g/mol. The van der Waals surface area contributed by atoms with Crippen LogP contribution in [-0.4, -0.2) is 30.8 Å². The van der Waals surface area contributed by atoms with E-state index in [1.807, 2.05) is 6.07 Å². The molecule has 2 aromatic rings. The quantitative estimate of drug-likeness (QED) is 0.745. The van der Waals surface area contributed by atoms with Gasteiger partial charge in [-0.15, -0.1) is 0 Å². The van der Waals surface area contributed by atoms with Gasteiger partial charge < -0.3 is 20.5 Å². The number of carbonyl (C=O) groups is 1. The lowest BCUT2D eigenvalue weighted by Gasteiger charge is -2.37. The number of amides is 1. The Hall–Kier alpha value is -2.37. The molecular formula is C23H28N2O3. The minimum Gasteiger partial charge on any atom is -0.395 e. The van der Waals surface area contributed by atoms with E-state index in [2.05, 4.69) is 54.8 Å². The number of aliphatic hydroxyl groups excluding tert-OH is 1. The maximum atomic E-state index is 12.0. The summed E-state index contributed by atoms with van der Waals surface area (Å²) in [5.41, 5.74) is 7.08. The summed E-state index contributed by atoms with van der Waals surface area (Å²) >= 11 is 0. The van der Waals surface area contributed by atoms with Crippen molar-refractivity contribution in [3.8, 4) is 0 Å². The number of carbonyl (C=O) groups excluding carboxylic acids is 1. The molecule has 0 spiro atoms. The zero-order valence-electron chi connectivity index (χ0n) is 16.5. The minimum atomic E-state index is -0.0743. The molecule has 1 saturated heterocycles. The molecule has 5 nitrogen and oxygen atoms in total. The van der Waals surface area contributed by atoms with E-state index in [1.165, 1.54) is 16.7 Å². The fourth-order valence-electron chi connectivity index (χ4n) is 4.59. The number of rotatable bonds is 5. The van der Waals surface area contributed by atoms with Gasteiger partial charge in [-0.05, 0) is 37.5 Å². The molecule has 3 atom stereocenters. The highest BCUT2D eigenvalue weighted by Crippen LogP contribution is 2.50. The van der Waals surface area contributed by atoms with Crippen molar-refractivity contribution in [2.45, 2.75) is 38.8 Å². The van der Waals surface area contributed by atoms with Gasteiger partial charge in [0.05, 0.1) is 25.2 Å². The van der Waals surface area contributed by atoms with E-state index in [4.69, 9.17) is 9.84 Å². The summed E-state index contributed by atoms with van der Waals surface area (Å²) in [6.45, 7) is 5.29. The third-order valence-electron chi connectivity index (χ3n) is 5.70. The van der Waals surface area contributed by atoms with E-state index in [1.54, 1.807) is 0 Å². The molecule has 0 saturated carbocycles. The maximum Gasteiger partial charge on any atom is 0.224 e. The molecule has 1 amide bonds. The van der Waals surface area contributed by atoms with Crippen LogP contribution in [0.15, 0.2) is 36.4 Å². The highest BCUT2D eigenvalue weighted by molar-refractivity contribution is 5.79. The molecule has 0 aromatic heterocycles. The standard InChI is InChI=1S/C23H28N2O3/c1-14-9-15(2)11-17(10-14)22-18-5-8-28-23(18)19-12-16(3-4-20(19)25-22)13-21(27)24-6-7-26/h3-4,9-12,18,22-23,25-26H,5-8,13H2,1-2H3,(H,24,27)/t18-,22-,23-/m1/s1. The molecule has 4 rings (SSSR count). The van der Waals surface area contributed by atoms with Crippen LogP contribution in [0.25, 0.3) is 0 Å². The van der Waals surface area contributed by atoms with Crippen LogP contribution in [0, 0.1) is 19.8 Å². The van der Waals surface area contributed by atoms with Crippen molar-refractivity contribution < 1.29 is 14.6 Å². The SMILES string of the molecule is Cc1cc(C)cc([C@H]2Nc3ccc(CC(=O)NCCO)cc3[C@@H]3OCC[C@H]23)c1. The van der Waals surface area contributed by atoms with Crippen molar-refractivity contribution >= 4 is 11.6 Å². The van der Waals surface area contributed by atoms with E-state index in [0.717, 1.165) is 29.8 Å². The third-order valence-corrected chi connectivity index (χ3v) is 5.70. The molecule has 0 aliphatic carbocycles. The van der Waals surface area contributed by atoms with Gasteiger partial charge in [0.2, 0.25) is 5.91 Å². The van der Waals surface area contributed by atoms with Gasteiger partial charge in [0.15, 0.2) is 0 Å². The van der Waals surface area contributed by atoms with Gasteiger partial charge in [0, 0.05) is 30.3 Å². The molecule has 3 N–H and O–H groups in total. The topological polar surface area (TPSA) is 70.6 Å². The van der Waals surface area contributed by atoms with Crippen LogP contribution in [0.5, 0.6) is 0 Å². The van der Waals surface area contributed by atoms with Gasteiger partial charge in [-0.1, -0.05) is 41.5 Å². The van der Waals surface area contributed by atoms with Crippen LogP contribution in [0.3, 0.4) is 0 Å². The van der Waals surface area contributed by atoms with E-state index < -0.39 is 0 Å². The van der Waals surface area contributed by atoms with Crippen molar-refractivity contribution in [1.29, 1.82) is 0 Å². The number of benzene rings is 2. The van der Waals surface area contributed by atoms with Gasteiger partial charge in [0.1, 0.15) is 0 Å². The Balaban J connectivity index is 1.61. The lowest BCUT2D eigenvalue weighted by molar-refractivity contribution is -0.120. The van der Waals surface area contributed by atoms with Crippen molar-refractivity contribution in [2.24, 2.45) is 5.92 Å². The van der Waals surface area contributed by atoms with Crippen LogP contribution < -0.4 is 10.6 Å². The summed E-state index contributed by atoms with van der Waals surface area (Å²) in [6, 6.07) is 13.1. The number of hydrogen-bond donors (Lipinski definition) is 3. The lowest BCUT2D eigenvalue weighted by Crippen LogP contribution is -2.30. The number of anilines is 1. The third kappa shape index (κ3) is 3.77. The lowest BCUT2D eigenvalue weighted by atomic mass is 9.80. The second-order valence-corrected chi connectivity index (χ2v) is 7.96. The summed E-state index contributed by atoms with van der Waals surface area (Å²) in [6.07, 6.45) is 1.39. The number of hydrogen-bond acceptors (Lipinski definition) is 4. The molecule has 1 fully saturated rings. The highest BCUT2D eigenvalue weighted by Gasteiger charge is 2.41. The average Bonchev–Trinajstić information content (AvgIpc) is 3.15. The summed E-state index contributed by atoms with van der Waals surface area (Å²) in [4.78, 5) is 12.0. The van der Waals surface area contributed by atoms with E-state index >= 15 is 0 Å². The summed E-state index contributed by atoms with van der Waals surface area (Å²) < 4.78 is 6.15. The van der Waals surface area contributed by atoms with Crippen LogP contribution in [0.2, 0.25) is 0 Å². The first-order chi connectivity index (χ1) is 13.5. The Morgan fingerprint density at radius 2 is 2.00 bits per heavy atom. The Kier molecular flexibility index (Phi) is 5.38. The van der Waals surface area contributed by atoms with Crippen LogP contribution >= 0.6 is 0 Å². The average molecular weight is 380 g/mol. The monoisotopic (exact) mass is 380 g/mol. The van der Waals surface area contributed by atoms with Gasteiger partial charge in [0.25, 0.3) is 0 Å². The number of aryl methyl sites for hydroxylation is 2. The number of ether oxygens (including phenoxy) is 1. The van der Waals surface area contributed by atoms with Crippen molar-refractivity contribution in [3.63, 3.8) is 0 Å². The Labute approximate surface area is 166 Å². The molecule has 2 aromatic carbocycles. The smallest absolute Gasteiger partial charge is 0.224 e. The Morgan fingerprint density at radius 3 is 2.75 bits per heavy atom. The molecule has 148 valence electrons.